The molecule has 4 rings (SSSR count). The maximum Gasteiger partial charge on any atom is 0.169 e. The molecule has 0 unspecified atom stereocenters. The van der Waals surface area contributed by atoms with E-state index in [1.807, 2.05) is 37.7 Å². The largest absolute Gasteiger partial charge is 0.303 e. The number of benzene rings is 1. The van der Waals surface area contributed by atoms with Crippen LogP contribution in [0.5, 0.6) is 0 Å². The van der Waals surface area contributed by atoms with Crippen molar-refractivity contribution < 1.29 is 0 Å². The van der Waals surface area contributed by atoms with Crippen molar-refractivity contribution in [1.82, 2.24) is 19.5 Å². The van der Waals surface area contributed by atoms with E-state index in [9.17, 15) is 0 Å². The van der Waals surface area contributed by atoms with E-state index in [0.29, 0.717) is 0 Å². The van der Waals surface area contributed by atoms with Crippen molar-refractivity contribution >= 4 is 21.6 Å². The van der Waals surface area contributed by atoms with Crippen molar-refractivity contribution in [3.8, 4) is 11.1 Å². The summed E-state index contributed by atoms with van der Waals surface area (Å²) < 4.78 is 2.73. The fourth-order valence-electron chi connectivity index (χ4n) is 3.33. The van der Waals surface area contributed by atoms with Crippen molar-refractivity contribution in [2.24, 2.45) is 0 Å². The number of rotatable bonds is 4. The lowest BCUT2D eigenvalue weighted by Gasteiger charge is -2.26. The molecule has 1 aliphatic rings. The Balaban J connectivity index is 0.000000691. The smallest absolute Gasteiger partial charge is 0.169 e. The zero-order chi connectivity index (χ0) is 21.1. The first kappa shape index (κ1) is 26.1. The molecular weight excluding hydrogens is 436 g/mol. The molecule has 1 fully saturated rings. The molecule has 164 valence electrons. The highest BCUT2D eigenvalue weighted by Gasteiger charge is 2.10. The second-order valence-electron chi connectivity index (χ2n) is 6.86. The summed E-state index contributed by atoms with van der Waals surface area (Å²) in [6.07, 6.45) is 12.7. The molecule has 0 saturated carbocycles. The Morgan fingerprint density at radius 2 is 1.67 bits per heavy atom. The van der Waals surface area contributed by atoms with Gasteiger partial charge in [-0.05, 0) is 66.3 Å². The summed E-state index contributed by atoms with van der Waals surface area (Å²) >= 11 is 3.46. The predicted octanol–water partition coefficient (Wildman–Crippen LogP) is 7.04. The number of halogens is 1. The van der Waals surface area contributed by atoms with Crippen LogP contribution in [0.15, 0.2) is 60.0 Å². The van der Waals surface area contributed by atoms with E-state index in [1.165, 1.54) is 50.0 Å². The summed E-state index contributed by atoms with van der Waals surface area (Å²) in [6.45, 7) is 13.0. The van der Waals surface area contributed by atoms with Crippen molar-refractivity contribution in [3.05, 3.63) is 65.5 Å². The highest BCUT2D eigenvalue weighted by molar-refractivity contribution is 9.10. The Morgan fingerprint density at radius 1 is 1.03 bits per heavy atom. The van der Waals surface area contributed by atoms with Crippen LogP contribution in [0.1, 0.15) is 53.0 Å². The van der Waals surface area contributed by atoms with E-state index in [-0.39, 0.29) is 7.43 Å². The van der Waals surface area contributed by atoms with Gasteiger partial charge in [-0.1, -0.05) is 58.0 Å². The summed E-state index contributed by atoms with van der Waals surface area (Å²) in [7, 11) is 0. The van der Waals surface area contributed by atoms with Crippen LogP contribution in [0.4, 0.5) is 0 Å². The van der Waals surface area contributed by atoms with Gasteiger partial charge in [-0.2, -0.15) is 5.10 Å². The Bertz CT molecular complexity index is 864. The first-order valence-electron chi connectivity index (χ1n) is 10.6. The zero-order valence-electron chi connectivity index (χ0n) is 17.9. The van der Waals surface area contributed by atoms with Gasteiger partial charge in [0.1, 0.15) is 0 Å². The van der Waals surface area contributed by atoms with E-state index in [0.717, 1.165) is 22.1 Å². The number of nitrogens with zero attached hydrogens (tertiary/aromatic N) is 4. The lowest BCUT2D eigenvalue weighted by atomic mass is 10.0. The molecule has 0 amide bonds. The Kier molecular flexibility index (Phi) is 12.2. The maximum absolute atomic E-state index is 4.48. The van der Waals surface area contributed by atoms with Crippen LogP contribution in [-0.2, 0) is 6.42 Å². The summed E-state index contributed by atoms with van der Waals surface area (Å²) in [5.74, 6) is 0. The summed E-state index contributed by atoms with van der Waals surface area (Å²) in [5, 5.41) is 4.30. The number of piperidine rings is 1. The molecule has 0 aliphatic carbocycles. The van der Waals surface area contributed by atoms with E-state index in [2.05, 4.69) is 61.8 Å². The van der Waals surface area contributed by atoms with Crippen molar-refractivity contribution in [2.45, 2.75) is 53.9 Å². The molecule has 1 aromatic carbocycles. The number of likely N-dealkylation sites (tertiary alicyclic amines) is 1. The second-order valence-corrected chi connectivity index (χ2v) is 7.72. The fraction of sp³-hybridized carbons (Fsp3) is 0.440. The van der Waals surface area contributed by atoms with Gasteiger partial charge in [-0.25, -0.2) is 9.50 Å². The van der Waals surface area contributed by atoms with Gasteiger partial charge in [0, 0.05) is 24.5 Å². The fourth-order valence-corrected chi connectivity index (χ4v) is 3.70. The molecule has 5 heteroatoms. The monoisotopic (exact) mass is 472 g/mol. The molecule has 1 aliphatic heterocycles. The Morgan fingerprint density at radius 3 is 2.30 bits per heavy atom. The van der Waals surface area contributed by atoms with E-state index in [4.69, 9.17) is 0 Å². The average molecular weight is 474 g/mol. The number of allylic oxidation sites excluding steroid dienone is 1. The highest BCUT2D eigenvalue weighted by Crippen LogP contribution is 2.22. The van der Waals surface area contributed by atoms with Crippen LogP contribution < -0.4 is 0 Å². The molecule has 3 heterocycles. The van der Waals surface area contributed by atoms with Gasteiger partial charge in [0.2, 0.25) is 0 Å². The minimum absolute atomic E-state index is 0. The van der Waals surface area contributed by atoms with Crippen LogP contribution in [-0.4, -0.2) is 39.1 Å². The molecule has 3 aromatic rings. The van der Waals surface area contributed by atoms with Crippen LogP contribution in [0.2, 0.25) is 0 Å². The molecule has 0 atom stereocenters. The van der Waals surface area contributed by atoms with Crippen LogP contribution in [0.25, 0.3) is 16.8 Å². The van der Waals surface area contributed by atoms with Gasteiger partial charge in [0.25, 0.3) is 0 Å². The molecule has 0 spiro atoms. The highest BCUT2D eigenvalue weighted by atomic mass is 79.9. The van der Waals surface area contributed by atoms with Gasteiger partial charge in [0.05, 0.1) is 10.7 Å². The molecule has 2 aromatic heterocycles. The zero-order valence-corrected chi connectivity index (χ0v) is 19.5. The molecule has 4 nitrogen and oxygen atoms in total. The lowest BCUT2D eigenvalue weighted by molar-refractivity contribution is 0.231. The minimum Gasteiger partial charge on any atom is -0.303 e. The predicted molar refractivity (Wildman–Crippen MR) is 134 cm³/mol. The number of hydrogen-bond donors (Lipinski definition) is 0. The van der Waals surface area contributed by atoms with Gasteiger partial charge in [-0.15, -0.1) is 6.58 Å². The molecular formula is C25H37BrN4. The first-order chi connectivity index (χ1) is 14.2. The molecule has 1 saturated heterocycles. The van der Waals surface area contributed by atoms with E-state index >= 15 is 0 Å². The molecule has 0 N–H and O–H groups in total. The van der Waals surface area contributed by atoms with Crippen LogP contribution in [0, 0.1) is 0 Å². The standard InChI is InChI=1S/C19H21BrN4.C3H6.C2H6.CH4/c20-18-13-22-24-14-17(12-21-19(18)24)16-6-4-15(5-7-16)8-11-23-9-2-1-3-10-23;1-3-2;1-2;/h4-7,12-14H,1-3,8-11H2;3H,1H2,2H3;1-2H3;1H4. The van der Waals surface area contributed by atoms with Gasteiger partial charge < -0.3 is 4.90 Å². The maximum atomic E-state index is 4.48. The molecule has 30 heavy (non-hydrogen) atoms. The summed E-state index contributed by atoms with van der Waals surface area (Å²) in [5.41, 5.74) is 4.51. The Hall–Kier alpha value is -1.98. The minimum atomic E-state index is 0. The first-order valence-corrected chi connectivity index (χ1v) is 11.4. The van der Waals surface area contributed by atoms with Crippen LogP contribution >= 0.6 is 15.9 Å². The third-order valence-electron chi connectivity index (χ3n) is 4.77. The summed E-state index contributed by atoms with van der Waals surface area (Å²) in [4.78, 5) is 7.07. The van der Waals surface area contributed by atoms with Crippen molar-refractivity contribution in [3.63, 3.8) is 0 Å². The molecule has 0 radical (unpaired) electrons. The van der Waals surface area contributed by atoms with Crippen molar-refractivity contribution in [1.29, 1.82) is 0 Å². The third-order valence-corrected chi connectivity index (χ3v) is 5.33. The normalized spacial score (nSPS) is 13.3. The van der Waals surface area contributed by atoms with Gasteiger partial charge in [-0.3, -0.25) is 0 Å². The summed E-state index contributed by atoms with van der Waals surface area (Å²) in [6, 6.07) is 8.85. The van der Waals surface area contributed by atoms with Gasteiger partial charge in [0.15, 0.2) is 5.65 Å². The Labute approximate surface area is 191 Å². The lowest BCUT2D eigenvalue weighted by Crippen LogP contribution is -2.31. The third kappa shape index (κ3) is 7.37. The second kappa shape index (κ2) is 14.1. The average Bonchev–Trinajstić information content (AvgIpc) is 3.15. The SMILES string of the molecule is Brc1cnn2cc(-c3ccc(CCN4CCCCC4)cc3)cnc12.C.C=CC.CC. The van der Waals surface area contributed by atoms with Gasteiger partial charge >= 0.3 is 0 Å². The molecule has 0 bridgehead atoms. The van der Waals surface area contributed by atoms with E-state index < -0.39 is 0 Å². The van der Waals surface area contributed by atoms with Crippen LogP contribution in [0.3, 0.4) is 0 Å². The number of fused-ring (bicyclic) bond motifs is 1. The number of hydrogen-bond acceptors (Lipinski definition) is 3. The van der Waals surface area contributed by atoms with E-state index in [1.54, 1.807) is 12.3 Å². The number of aromatic nitrogens is 3. The van der Waals surface area contributed by atoms with Crippen molar-refractivity contribution in [2.75, 3.05) is 19.6 Å². The quantitative estimate of drug-likeness (QED) is 0.381. The topological polar surface area (TPSA) is 33.4 Å².